The van der Waals surface area contributed by atoms with Crippen LogP contribution in [0, 0.1) is 0 Å². The molecule has 11 heteroatoms. The van der Waals surface area contributed by atoms with E-state index in [0.717, 1.165) is 45.1 Å². The fourth-order valence-corrected chi connectivity index (χ4v) is 4.77. The van der Waals surface area contributed by atoms with Crippen LogP contribution in [-0.2, 0) is 19.2 Å². The van der Waals surface area contributed by atoms with Crippen molar-refractivity contribution in [1.82, 2.24) is 26.6 Å². The lowest BCUT2D eigenvalue weighted by atomic mass is 9.95. The quantitative estimate of drug-likeness (QED) is 0.144. The van der Waals surface area contributed by atoms with Crippen LogP contribution in [-0.4, -0.2) is 84.3 Å². The fourth-order valence-electron chi connectivity index (χ4n) is 4.77. The lowest BCUT2D eigenvalue weighted by Gasteiger charge is -2.24. The Morgan fingerprint density at radius 3 is 2.03 bits per heavy atom. The number of carboxylic acid groups (broad SMARTS) is 1. The summed E-state index contributed by atoms with van der Waals surface area (Å²) in [6, 6.07) is -0.764. The van der Waals surface area contributed by atoms with Gasteiger partial charge in [-0.2, -0.15) is 0 Å². The van der Waals surface area contributed by atoms with Crippen LogP contribution in [0.4, 0.5) is 0 Å². The van der Waals surface area contributed by atoms with Crippen LogP contribution in [0.25, 0.3) is 0 Å². The van der Waals surface area contributed by atoms with Gasteiger partial charge in [-0.1, -0.05) is 38.5 Å². The van der Waals surface area contributed by atoms with E-state index in [1.165, 1.54) is 32.1 Å². The van der Waals surface area contributed by atoms with E-state index in [2.05, 4.69) is 26.6 Å². The fraction of sp³-hybridized carbons (Fsp3) is 0.833. The van der Waals surface area contributed by atoms with Gasteiger partial charge in [0.25, 0.3) is 0 Å². The second kappa shape index (κ2) is 16.4. The molecule has 200 valence electrons. The molecule has 0 aromatic rings. The van der Waals surface area contributed by atoms with Crippen LogP contribution < -0.4 is 26.6 Å². The van der Waals surface area contributed by atoms with E-state index in [-0.39, 0.29) is 12.5 Å². The van der Waals surface area contributed by atoms with Crippen LogP contribution >= 0.6 is 0 Å². The van der Waals surface area contributed by atoms with Gasteiger partial charge in [-0.15, -0.1) is 0 Å². The average Bonchev–Trinajstić information content (AvgIpc) is 3.37. The van der Waals surface area contributed by atoms with E-state index in [1.54, 1.807) is 0 Å². The van der Waals surface area contributed by atoms with Crippen LogP contribution in [0.3, 0.4) is 0 Å². The molecule has 0 heterocycles. The number of carboxylic acids is 1. The number of hydrogen-bond acceptors (Lipinski definition) is 7. The lowest BCUT2D eigenvalue weighted by Crippen LogP contribution is -2.53. The number of aliphatic hydroxyl groups excluding tert-OH is 1. The smallest absolute Gasteiger partial charge is 0.322 e. The summed E-state index contributed by atoms with van der Waals surface area (Å²) in [5.74, 6) is -2.95. The van der Waals surface area contributed by atoms with Gasteiger partial charge in [0.05, 0.1) is 19.2 Å². The second-order valence-corrected chi connectivity index (χ2v) is 9.62. The zero-order chi connectivity index (χ0) is 25.5. The third kappa shape index (κ3) is 11.8. The van der Waals surface area contributed by atoms with Crippen molar-refractivity contribution in [1.29, 1.82) is 0 Å². The van der Waals surface area contributed by atoms with E-state index in [4.69, 9.17) is 5.11 Å². The Kier molecular flexibility index (Phi) is 13.6. The van der Waals surface area contributed by atoms with Crippen LogP contribution in [0.15, 0.2) is 0 Å². The molecule has 2 rings (SSSR count). The summed E-state index contributed by atoms with van der Waals surface area (Å²) in [4.78, 5) is 47.5. The molecule has 7 N–H and O–H groups in total. The first-order valence-corrected chi connectivity index (χ1v) is 13.1. The van der Waals surface area contributed by atoms with Gasteiger partial charge < -0.3 is 36.8 Å². The Bertz CT molecular complexity index is 679. The standard InChI is InChI=1S/C24H43N5O6/c30-16-20(24(35)27-15-22(32)33)29-21(31)14-26-23(34)19(28-18-10-4-5-11-18)12-6-7-13-25-17-8-2-1-3-9-17/h17-20,25,28,30H,1-16H2,(H,26,34)(H,27,35)(H,29,31)(H,32,33). The van der Waals surface area contributed by atoms with Crippen molar-refractivity contribution in [3.05, 3.63) is 0 Å². The molecule has 3 amide bonds. The van der Waals surface area contributed by atoms with Crippen molar-refractivity contribution >= 4 is 23.7 Å². The Balaban J connectivity index is 1.74. The van der Waals surface area contributed by atoms with Gasteiger partial charge in [-0.3, -0.25) is 19.2 Å². The van der Waals surface area contributed by atoms with Crippen molar-refractivity contribution in [3.63, 3.8) is 0 Å². The van der Waals surface area contributed by atoms with Crippen LogP contribution in [0.2, 0.25) is 0 Å². The van der Waals surface area contributed by atoms with Gasteiger partial charge in [0.1, 0.15) is 12.6 Å². The highest BCUT2D eigenvalue weighted by molar-refractivity contribution is 5.92. The average molecular weight is 498 g/mol. The molecular weight excluding hydrogens is 454 g/mol. The highest BCUT2D eigenvalue weighted by Crippen LogP contribution is 2.19. The molecule has 2 aliphatic carbocycles. The van der Waals surface area contributed by atoms with Gasteiger partial charge in [0, 0.05) is 12.1 Å². The normalized spacial score (nSPS) is 18.5. The molecule has 11 nitrogen and oxygen atoms in total. The zero-order valence-electron chi connectivity index (χ0n) is 20.7. The first-order valence-electron chi connectivity index (χ1n) is 13.1. The van der Waals surface area contributed by atoms with Gasteiger partial charge in [-0.25, -0.2) is 0 Å². The molecule has 2 saturated carbocycles. The maximum Gasteiger partial charge on any atom is 0.322 e. The lowest BCUT2D eigenvalue weighted by molar-refractivity contribution is -0.138. The molecule has 2 unspecified atom stereocenters. The van der Waals surface area contributed by atoms with E-state index in [1.807, 2.05) is 0 Å². The summed E-state index contributed by atoms with van der Waals surface area (Å²) >= 11 is 0. The molecule has 0 bridgehead atoms. The molecule has 2 atom stereocenters. The SMILES string of the molecule is O=C(O)CNC(=O)C(CO)NC(=O)CNC(=O)C(CCCCNC1CCCCC1)NC1CCCC1. The summed E-state index contributed by atoms with van der Waals surface area (Å²) in [5, 5.41) is 32.1. The predicted octanol–water partition coefficient (Wildman–Crippen LogP) is -0.226. The largest absolute Gasteiger partial charge is 0.480 e. The van der Waals surface area contributed by atoms with Gasteiger partial charge in [0.2, 0.25) is 17.7 Å². The molecule has 0 aliphatic heterocycles. The number of nitrogens with one attached hydrogen (secondary N) is 5. The van der Waals surface area contributed by atoms with Crippen molar-refractivity contribution in [2.45, 2.75) is 101 Å². The molecule has 0 saturated heterocycles. The first-order chi connectivity index (χ1) is 16.9. The monoisotopic (exact) mass is 497 g/mol. The molecular formula is C24H43N5O6. The third-order valence-electron chi connectivity index (χ3n) is 6.74. The summed E-state index contributed by atoms with van der Waals surface area (Å²) in [6.07, 6.45) is 13.3. The van der Waals surface area contributed by atoms with Crippen molar-refractivity contribution in [2.75, 3.05) is 26.2 Å². The molecule has 35 heavy (non-hydrogen) atoms. The van der Waals surface area contributed by atoms with E-state index in [0.29, 0.717) is 18.5 Å². The minimum atomic E-state index is -1.29. The first kappa shape index (κ1) is 29.0. The molecule has 0 aromatic heterocycles. The van der Waals surface area contributed by atoms with Gasteiger partial charge >= 0.3 is 5.97 Å². The number of unbranched alkanes of at least 4 members (excludes halogenated alkanes) is 1. The Labute approximate surface area is 207 Å². The minimum Gasteiger partial charge on any atom is -0.480 e. The number of carbonyl (C=O) groups excluding carboxylic acids is 3. The Morgan fingerprint density at radius 1 is 0.771 bits per heavy atom. The van der Waals surface area contributed by atoms with Gasteiger partial charge in [0.15, 0.2) is 0 Å². The number of aliphatic carboxylic acids is 1. The Hall–Kier alpha value is -2.24. The van der Waals surface area contributed by atoms with Crippen LogP contribution in [0.1, 0.15) is 77.0 Å². The van der Waals surface area contributed by atoms with E-state index < -0.39 is 43.0 Å². The molecule has 2 fully saturated rings. The third-order valence-corrected chi connectivity index (χ3v) is 6.74. The molecule has 2 aliphatic rings. The summed E-state index contributed by atoms with van der Waals surface area (Å²) < 4.78 is 0. The van der Waals surface area contributed by atoms with Crippen LogP contribution in [0.5, 0.6) is 0 Å². The summed E-state index contributed by atoms with van der Waals surface area (Å²) in [7, 11) is 0. The number of amides is 3. The Morgan fingerprint density at radius 2 is 1.37 bits per heavy atom. The maximum absolute atomic E-state index is 12.8. The van der Waals surface area contributed by atoms with Crippen molar-refractivity contribution in [2.24, 2.45) is 0 Å². The molecule has 0 radical (unpaired) electrons. The second-order valence-electron chi connectivity index (χ2n) is 9.62. The number of carbonyl (C=O) groups is 4. The van der Waals surface area contributed by atoms with E-state index in [9.17, 15) is 24.3 Å². The maximum atomic E-state index is 12.8. The highest BCUT2D eigenvalue weighted by Gasteiger charge is 2.25. The number of hydrogen-bond donors (Lipinski definition) is 7. The predicted molar refractivity (Wildman–Crippen MR) is 131 cm³/mol. The number of aliphatic hydroxyl groups is 1. The highest BCUT2D eigenvalue weighted by atomic mass is 16.4. The minimum absolute atomic E-state index is 0.261. The van der Waals surface area contributed by atoms with E-state index >= 15 is 0 Å². The van der Waals surface area contributed by atoms with Gasteiger partial charge in [-0.05, 0) is 45.1 Å². The topological polar surface area (TPSA) is 169 Å². The molecule has 0 aromatic carbocycles. The molecule has 0 spiro atoms. The summed E-state index contributed by atoms with van der Waals surface area (Å²) in [5.41, 5.74) is 0. The zero-order valence-corrected chi connectivity index (χ0v) is 20.7. The van der Waals surface area contributed by atoms with Crippen molar-refractivity contribution in [3.8, 4) is 0 Å². The van der Waals surface area contributed by atoms with Crippen molar-refractivity contribution < 1.29 is 29.4 Å². The number of rotatable bonds is 16. The summed E-state index contributed by atoms with van der Waals surface area (Å²) in [6.45, 7) is -0.705.